The third-order valence-corrected chi connectivity index (χ3v) is 2.77. The molecule has 0 spiro atoms. The van der Waals surface area contributed by atoms with E-state index in [1.807, 2.05) is 12.1 Å². The van der Waals surface area contributed by atoms with Crippen LogP contribution < -0.4 is 0 Å². The lowest BCUT2D eigenvalue weighted by Crippen LogP contribution is -1.99. The molecule has 0 unspecified atom stereocenters. The van der Waals surface area contributed by atoms with Gasteiger partial charge >= 0.3 is 0 Å². The lowest BCUT2D eigenvalue weighted by atomic mass is 10.1. The molecule has 1 fully saturated rings. The minimum Gasteiger partial charge on any atom is -0.480 e. The van der Waals surface area contributed by atoms with Crippen molar-refractivity contribution in [1.82, 2.24) is 0 Å². The maximum absolute atomic E-state index is 11.9. The van der Waals surface area contributed by atoms with Crippen molar-refractivity contribution < 1.29 is 14.3 Å². The summed E-state index contributed by atoms with van der Waals surface area (Å²) in [6.45, 7) is 0. The van der Waals surface area contributed by atoms with Gasteiger partial charge in [-0.25, -0.2) is 0 Å². The molecule has 3 rings (SSSR count). The Hall–Kier alpha value is -1.77. The number of aromatic hydroxyl groups is 1. The first-order valence-electron chi connectivity index (χ1n) is 5.02. The number of hydrogen-bond acceptors (Lipinski definition) is 3. The highest BCUT2D eigenvalue weighted by atomic mass is 16.5. The van der Waals surface area contributed by atoms with Crippen molar-refractivity contribution in [3.63, 3.8) is 0 Å². The summed E-state index contributed by atoms with van der Waals surface area (Å²) >= 11 is 0. The molecule has 0 amide bonds. The summed E-state index contributed by atoms with van der Waals surface area (Å²) in [5.74, 6) is -0.137. The number of ketones is 1. The summed E-state index contributed by atoms with van der Waals surface area (Å²) < 4.78 is 5.13. The Labute approximate surface area is 86.3 Å². The van der Waals surface area contributed by atoms with Gasteiger partial charge in [-0.05, 0) is 18.9 Å². The highest BCUT2D eigenvalue weighted by Gasteiger charge is 2.34. The molecule has 3 heteroatoms. The summed E-state index contributed by atoms with van der Waals surface area (Å²) in [7, 11) is 0. The van der Waals surface area contributed by atoms with E-state index in [1.165, 1.54) is 0 Å². The van der Waals surface area contributed by atoms with Crippen LogP contribution in [0.2, 0.25) is 0 Å². The van der Waals surface area contributed by atoms with Gasteiger partial charge in [0.2, 0.25) is 0 Å². The highest BCUT2D eigenvalue weighted by molar-refractivity contribution is 6.11. The number of carbonyl (C=O) groups excluding carboxylic acids is 1. The lowest BCUT2D eigenvalue weighted by molar-refractivity contribution is 0.0964. The SMILES string of the molecule is O=C(c1c(O)oc2ccccc12)C1CC1. The average Bonchev–Trinajstić information content (AvgIpc) is 3.00. The molecule has 0 saturated heterocycles. The standard InChI is InChI=1S/C12H10O3/c13-11(7-5-6-7)10-8-3-1-2-4-9(8)15-12(10)14/h1-4,7,14H,5-6H2. The normalized spacial score (nSPS) is 15.7. The van der Waals surface area contributed by atoms with Crippen LogP contribution in [0.4, 0.5) is 0 Å². The number of hydrogen-bond donors (Lipinski definition) is 1. The fraction of sp³-hybridized carbons (Fsp3) is 0.250. The molecule has 0 atom stereocenters. The molecule has 0 bridgehead atoms. The van der Waals surface area contributed by atoms with Crippen LogP contribution >= 0.6 is 0 Å². The highest BCUT2D eigenvalue weighted by Crippen LogP contribution is 2.39. The Bertz CT molecular complexity index is 535. The fourth-order valence-corrected chi connectivity index (χ4v) is 1.82. The molecule has 1 aliphatic rings. The molecule has 76 valence electrons. The minimum absolute atomic E-state index is 0.0115. The Kier molecular flexibility index (Phi) is 1.63. The lowest BCUT2D eigenvalue weighted by Gasteiger charge is -1.94. The van der Waals surface area contributed by atoms with Gasteiger partial charge in [0.15, 0.2) is 5.78 Å². The summed E-state index contributed by atoms with van der Waals surface area (Å²) in [4.78, 5) is 11.9. The van der Waals surface area contributed by atoms with Crippen LogP contribution in [0.25, 0.3) is 11.0 Å². The molecule has 0 aliphatic heterocycles. The van der Waals surface area contributed by atoms with Gasteiger partial charge in [0, 0.05) is 11.3 Å². The summed E-state index contributed by atoms with van der Waals surface area (Å²) in [6.07, 6.45) is 1.86. The molecular formula is C12H10O3. The van der Waals surface area contributed by atoms with E-state index in [2.05, 4.69) is 0 Å². The first-order chi connectivity index (χ1) is 7.27. The first-order valence-corrected chi connectivity index (χ1v) is 5.02. The van der Waals surface area contributed by atoms with E-state index in [4.69, 9.17) is 4.42 Å². The second kappa shape index (κ2) is 2.86. The van der Waals surface area contributed by atoms with E-state index in [-0.39, 0.29) is 17.6 Å². The zero-order valence-corrected chi connectivity index (χ0v) is 8.06. The van der Waals surface area contributed by atoms with Crippen molar-refractivity contribution in [3.8, 4) is 5.95 Å². The first kappa shape index (κ1) is 8.53. The van der Waals surface area contributed by atoms with Crippen molar-refractivity contribution in [3.05, 3.63) is 29.8 Å². The van der Waals surface area contributed by atoms with Gasteiger partial charge in [-0.1, -0.05) is 18.2 Å². The molecule has 1 aromatic heterocycles. The number of Topliss-reactive ketones (excluding diaryl/α,β-unsaturated/α-hetero) is 1. The number of fused-ring (bicyclic) bond motifs is 1. The number of benzene rings is 1. The zero-order valence-electron chi connectivity index (χ0n) is 8.06. The number of para-hydroxylation sites is 1. The Balaban J connectivity index is 2.23. The summed E-state index contributed by atoms with van der Waals surface area (Å²) in [6, 6.07) is 7.20. The Morgan fingerprint density at radius 1 is 1.33 bits per heavy atom. The predicted molar refractivity (Wildman–Crippen MR) is 54.9 cm³/mol. The molecule has 15 heavy (non-hydrogen) atoms. The van der Waals surface area contributed by atoms with E-state index in [9.17, 15) is 9.90 Å². The Morgan fingerprint density at radius 2 is 2.07 bits per heavy atom. The van der Waals surface area contributed by atoms with Crippen LogP contribution in [-0.4, -0.2) is 10.9 Å². The zero-order chi connectivity index (χ0) is 10.4. The minimum atomic E-state index is -0.242. The van der Waals surface area contributed by atoms with Crippen molar-refractivity contribution in [2.45, 2.75) is 12.8 Å². The molecule has 1 aromatic carbocycles. The van der Waals surface area contributed by atoms with Crippen LogP contribution in [0, 0.1) is 5.92 Å². The fourth-order valence-electron chi connectivity index (χ4n) is 1.82. The second-order valence-corrected chi connectivity index (χ2v) is 3.92. The number of carbonyl (C=O) groups is 1. The van der Waals surface area contributed by atoms with Crippen molar-refractivity contribution in [2.24, 2.45) is 5.92 Å². The Morgan fingerprint density at radius 3 is 2.80 bits per heavy atom. The number of furan rings is 1. The van der Waals surface area contributed by atoms with Crippen LogP contribution in [0.15, 0.2) is 28.7 Å². The maximum atomic E-state index is 11.9. The predicted octanol–water partition coefficient (Wildman–Crippen LogP) is 2.73. The van der Waals surface area contributed by atoms with E-state index in [0.717, 1.165) is 12.8 Å². The van der Waals surface area contributed by atoms with Gasteiger partial charge < -0.3 is 9.52 Å². The molecule has 3 nitrogen and oxygen atoms in total. The quantitative estimate of drug-likeness (QED) is 0.762. The maximum Gasteiger partial charge on any atom is 0.294 e. The van der Waals surface area contributed by atoms with Crippen molar-refractivity contribution in [1.29, 1.82) is 0 Å². The van der Waals surface area contributed by atoms with Crippen LogP contribution in [0.3, 0.4) is 0 Å². The van der Waals surface area contributed by atoms with Crippen molar-refractivity contribution in [2.75, 3.05) is 0 Å². The van der Waals surface area contributed by atoms with Gasteiger partial charge in [0.05, 0.1) is 0 Å². The topological polar surface area (TPSA) is 50.4 Å². The largest absolute Gasteiger partial charge is 0.480 e. The third-order valence-electron chi connectivity index (χ3n) is 2.77. The van der Waals surface area contributed by atoms with Crippen LogP contribution in [0.5, 0.6) is 5.95 Å². The average molecular weight is 202 g/mol. The number of rotatable bonds is 2. The molecule has 1 heterocycles. The molecule has 2 aromatic rings. The van der Waals surface area contributed by atoms with E-state index >= 15 is 0 Å². The van der Waals surface area contributed by atoms with Crippen molar-refractivity contribution >= 4 is 16.8 Å². The second-order valence-electron chi connectivity index (χ2n) is 3.92. The van der Waals surface area contributed by atoms with Gasteiger partial charge in [-0.2, -0.15) is 0 Å². The summed E-state index contributed by atoms with van der Waals surface area (Å²) in [5.41, 5.74) is 0.923. The van der Waals surface area contributed by atoms with Gasteiger partial charge in [-0.15, -0.1) is 0 Å². The molecule has 1 N–H and O–H groups in total. The summed E-state index contributed by atoms with van der Waals surface area (Å²) in [5, 5.41) is 10.3. The monoisotopic (exact) mass is 202 g/mol. The molecular weight excluding hydrogens is 192 g/mol. The van der Waals surface area contributed by atoms with Gasteiger partial charge in [0.25, 0.3) is 5.95 Å². The smallest absolute Gasteiger partial charge is 0.294 e. The van der Waals surface area contributed by atoms with E-state index in [1.54, 1.807) is 12.1 Å². The van der Waals surface area contributed by atoms with Crippen LogP contribution in [-0.2, 0) is 0 Å². The third kappa shape index (κ3) is 1.23. The molecule has 1 aliphatic carbocycles. The van der Waals surface area contributed by atoms with E-state index < -0.39 is 0 Å². The van der Waals surface area contributed by atoms with Crippen LogP contribution in [0.1, 0.15) is 23.2 Å². The van der Waals surface area contributed by atoms with E-state index in [0.29, 0.717) is 16.5 Å². The van der Waals surface area contributed by atoms with Gasteiger partial charge in [-0.3, -0.25) is 4.79 Å². The van der Waals surface area contributed by atoms with Gasteiger partial charge in [0.1, 0.15) is 11.1 Å². The molecule has 0 radical (unpaired) electrons. The molecule has 1 saturated carbocycles.